The Morgan fingerprint density at radius 1 is 0.824 bits per heavy atom. The first-order valence-electron chi connectivity index (χ1n) is 10.9. The zero-order valence-electron chi connectivity index (χ0n) is 18.4. The molecule has 1 heterocycles. The molecule has 5 nitrogen and oxygen atoms in total. The van der Waals surface area contributed by atoms with E-state index in [1.165, 1.54) is 4.90 Å². The second kappa shape index (κ2) is 9.04. The van der Waals surface area contributed by atoms with Crippen molar-refractivity contribution in [3.8, 4) is 5.75 Å². The van der Waals surface area contributed by atoms with E-state index in [0.29, 0.717) is 34.1 Å². The number of anilines is 2. The van der Waals surface area contributed by atoms with Gasteiger partial charge in [-0.25, -0.2) is 4.90 Å². The Morgan fingerprint density at radius 3 is 2.26 bits per heavy atom. The second-order valence-electron chi connectivity index (χ2n) is 7.78. The van der Waals surface area contributed by atoms with Crippen LogP contribution in [0.25, 0.3) is 16.3 Å². The molecule has 0 saturated carbocycles. The minimum absolute atomic E-state index is 0.212. The molecule has 2 amide bonds. The van der Waals surface area contributed by atoms with Crippen LogP contribution in [-0.2, 0) is 9.59 Å². The Bertz CT molecular complexity index is 1420. The van der Waals surface area contributed by atoms with Crippen LogP contribution in [0.3, 0.4) is 0 Å². The van der Waals surface area contributed by atoms with Crippen LogP contribution >= 0.6 is 11.6 Å². The largest absolute Gasteiger partial charge is 0.494 e. The van der Waals surface area contributed by atoms with E-state index in [0.717, 1.165) is 16.5 Å². The number of rotatable bonds is 6. The van der Waals surface area contributed by atoms with Crippen LogP contribution in [0.1, 0.15) is 12.5 Å². The first-order chi connectivity index (χ1) is 16.6. The number of nitrogens with zero attached hydrogens (tertiary/aromatic N) is 1. The lowest BCUT2D eigenvalue weighted by Crippen LogP contribution is -2.32. The minimum atomic E-state index is -0.416. The molecule has 0 atom stereocenters. The lowest BCUT2D eigenvalue weighted by atomic mass is 10.0. The molecule has 5 rings (SSSR count). The molecule has 1 aliphatic rings. The number of hydrogen-bond donors (Lipinski definition) is 1. The minimum Gasteiger partial charge on any atom is -0.494 e. The van der Waals surface area contributed by atoms with E-state index >= 15 is 0 Å². The summed E-state index contributed by atoms with van der Waals surface area (Å²) in [5.74, 6) is -0.0801. The van der Waals surface area contributed by atoms with E-state index in [1.807, 2.05) is 67.6 Å². The van der Waals surface area contributed by atoms with Crippen LogP contribution in [0.2, 0.25) is 5.02 Å². The smallest absolute Gasteiger partial charge is 0.282 e. The third kappa shape index (κ3) is 3.91. The van der Waals surface area contributed by atoms with Crippen molar-refractivity contribution in [3.05, 3.63) is 107 Å². The van der Waals surface area contributed by atoms with Gasteiger partial charge in [-0.2, -0.15) is 0 Å². The van der Waals surface area contributed by atoms with Crippen molar-refractivity contribution in [3.63, 3.8) is 0 Å². The fraction of sp³-hybridized carbons (Fsp3) is 0.0714. The number of ether oxygens (including phenoxy) is 1. The Morgan fingerprint density at radius 2 is 1.53 bits per heavy atom. The standard InChI is InChI=1S/C28H21ClN2O3/c1-2-34-22-16-14-21(15-17-22)30-26-25(19-10-12-20(29)13-11-19)27(32)31(28(26)33)24-9-5-7-18-6-3-4-8-23(18)24/h3-17,30H,2H2,1H3. The van der Waals surface area contributed by atoms with Gasteiger partial charge in [0.2, 0.25) is 0 Å². The summed E-state index contributed by atoms with van der Waals surface area (Å²) in [6.07, 6.45) is 0. The lowest BCUT2D eigenvalue weighted by molar-refractivity contribution is -0.120. The highest BCUT2D eigenvalue weighted by molar-refractivity contribution is 6.47. The number of nitrogens with one attached hydrogen (secondary N) is 1. The Kier molecular flexibility index (Phi) is 5.78. The quantitative estimate of drug-likeness (QED) is 0.338. The van der Waals surface area contributed by atoms with Gasteiger partial charge in [-0.3, -0.25) is 9.59 Å². The van der Waals surface area contributed by atoms with E-state index in [1.54, 1.807) is 30.3 Å². The molecule has 0 aliphatic carbocycles. The van der Waals surface area contributed by atoms with Crippen molar-refractivity contribution >= 4 is 51.1 Å². The number of amides is 2. The van der Waals surface area contributed by atoms with Crippen LogP contribution in [-0.4, -0.2) is 18.4 Å². The topological polar surface area (TPSA) is 58.6 Å². The normalized spacial score (nSPS) is 13.6. The lowest BCUT2D eigenvalue weighted by Gasteiger charge is -2.18. The van der Waals surface area contributed by atoms with E-state index < -0.39 is 11.8 Å². The maximum absolute atomic E-state index is 13.7. The Labute approximate surface area is 202 Å². The Balaban J connectivity index is 1.61. The Hall–Kier alpha value is -4.09. The summed E-state index contributed by atoms with van der Waals surface area (Å²) >= 11 is 6.07. The summed E-state index contributed by atoms with van der Waals surface area (Å²) in [5, 5.41) is 5.50. The number of benzene rings is 4. The molecule has 4 aromatic carbocycles. The van der Waals surface area contributed by atoms with Crippen LogP contribution in [0, 0.1) is 0 Å². The van der Waals surface area contributed by atoms with Gasteiger partial charge >= 0.3 is 0 Å². The van der Waals surface area contributed by atoms with Gasteiger partial charge in [0.05, 0.1) is 17.9 Å². The molecule has 34 heavy (non-hydrogen) atoms. The highest BCUT2D eigenvalue weighted by atomic mass is 35.5. The van der Waals surface area contributed by atoms with Crippen molar-refractivity contribution in [1.29, 1.82) is 0 Å². The van der Waals surface area contributed by atoms with E-state index in [4.69, 9.17) is 16.3 Å². The van der Waals surface area contributed by atoms with Crippen molar-refractivity contribution in [1.82, 2.24) is 0 Å². The van der Waals surface area contributed by atoms with Gasteiger partial charge in [0.25, 0.3) is 11.8 Å². The van der Waals surface area contributed by atoms with Crippen LogP contribution < -0.4 is 15.0 Å². The summed E-state index contributed by atoms with van der Waals surface area (Å²) in [5.41, 5.74) is 2.33. The fourth-order valence-electron chi connectivity index (χ4n) is 4.10. The SMILES string of the molecule is CCOc1ccc(NC2=C(c3ccc(Cl)cc3)C(=O)N(c3cccc4ccccc34)C2=O)cc1. The molecule has 0 unspecified atom stereocenters. The highest BCUT2D eigenvalue weighted by Gasteiger charge is 2.40. The predicted molar refractivity (Wildman–Crippen MR) is 136 cm³/mol. The van der Waals surface area contributed by atoms with Crippen LogP contribution in [0.15, 0.2) is 96.7 Å². The number of halogens is 1. The molecule has 0 radical (unpaired) electrons. The van der Waals surface area contributed by atoms with E-state index in [2.05, 4.69) is 5.32 Å². The van der Waals surface area contributed by atoms with Gasteiger partial charge in [0.15, 0.2) is 0 Å². The van der Waals surface area contributed by atoms with Gasteiger partial charge in [-0.1, -0.05) is 60.1 Å². The summed E-state index contributed by atoms with van der Waals surface area (Å²) in [4.78, 5) is 28.7. The van der Waals surface area contributed by atoms with Gasteiger partial charge < -0.3 is 10.1 Å². The predicted octanol–water partition coefficient (Wildman–Crippen LogP) is 6.29. The van der Waals surface area contributed by atoms with Crippen molar-refractivity contribution in [2.24, 2.45) is 0 Å². The molecular weight excluding hydrogens is 448 g/mol. The fourth-order valence-corrected chi connectivity index (χ4v) is 4.22. The molecule has 1 N–H and O–H groups in total. The van der Waals surface area contributed by atoms with Crippen molar-refractivity contribution in [2.45, 2.75) is 6.92 Å². The van der Waals surface area contributed by atoms with Crippen LogP contribution in [0.4, 0.5) is 11.4 Å². The van der Waals surface area contributed by atoms with Gasteiger partial charge in [-0.15, -0.1) is 0 Å². The summed E-state index contributed by atoms with van der Waals surface area (Å²) in [6.45, 7) is 2.48. The zero-order chi connectivity index (χ0) is 23.7. The number of imide groups is 1. The first kappa shape index (κ1) is 21.7. The molecule has 0 bridgehead atoms. The van der Waals surface area contributed by atoms with E-state index in [9.17, 15) is 9.59 Å². The van der Waals surface area contributed by atoms with Gasteiger partial charge in [-0.05, 0) is 60.3 Å². The summed E-state index contributed by atoms with van der Waals surface area (Å²) in [6, 6.07) is 27.4. The molecule has 0 spiro atoms. The average Bonchev–Trinajstić information content (AvgIpc) is 3.09. The zero-order valence-corrected chi connectivity index (χ0v) is 19.2. The molecule has 1 aliphatic heterocycles. The third-order valence-corrected chi connectivity index (χ3v) is 5.91. The van der Waals surface area contributed by atoms with Gasteiger partial charge in [0.1, 0.15) is 11.4 Å². The van der Waals surface area contributed by atoms with Crippen LogP contribution in [0.5, 0.6) is 5.75 Å². The second-order valence-corrected chi connectivity index (χ2v) is 8.22. The molecule has 0 saturated heterocycles. The average molecular weight is 469 g/mol. The molecule has 0 fully saturated rings. The molecule has 6 heteroatoms. The third-order valence-electron chi connectivity index (χ3n) is 5.66. The summed E-state index contributed by atoms with van der Waals surface area (Å²) < 4.78 is 5.50. The first-order valence-corrected chi connectivity index (χ1v) is 11.3. The van der Waals surface area contributed by atoms with Gasteiger partial charge in [0, 0.05) is 16.1 Å². The number of carbonyl (C=O) groups is 2. The molecule has 168 valence electrons. The number of fused-ring (bicyclic) bond motifs is 1. The monoisotopic (exact) mass is 468 g/mol. The molecular formula is C28H21ClN2O3. The molecule has 0 aromatic heterocycles. The highest BCUT2D eigenvalue weighted by Crippen LogP contribution is 2.37. The number of carbonyl (C=O) groups excluding carboxylic acids is 2. The maximum atomic E-state index is 13.7. The van der Waals surface area contributed by atoms with Crippen molar-refractivity contribution in [2.75, 3.05) is 16.8 Å². The van der Waals surface area contributed by atoms with Crippen molar-refractivity contribution < 1.29 is 14.3 Å². The molecule has 4 aromatic rings. The number of hydrogen-bond acceptors (Lipinski definition) is 4. The summed E-state index contributed by atoms with van der Waals surface area (Å²) in [7, 11) is 0. The van der Waals surface area contributed by atoms with E-state index in [-0.39, 0.29) is 5.70 Å². The maximum Gasteiger partial charge on any atom is 0.282 e.